The molecule has 102 valence electrons. The Morgan fingerprint density at radius 2 is 2.21 bits per heavy atom. The SMILES string of the molecule is CC1CCC(Nc2cccc(OCC#N)c2)C(C)C1. The number of nitriles is 1. The van der Waals surface area contributed by atoms with Crippen molar-refractivity contribution in [3.63, 3.8) is 0 Å². The predicted octanol–water partition coefficient (Wildman–Crippen LogP) is 3.83. The normalized spacial score (nSPS) is 26.5. The van der Waals surface area contributed by atoms with Crippen LogP contribution < -0.4 is 10.1 Å². The van der Waals surface area contributed by atoms with Crippen molar-refractivity contribution in [2.24, 2.45) is 11.8 Å². The molecule has 1 saturated carbocycles. The minimum absolute atomic E-state index is 0.0980. The third-order valence-electron chi connectivity index (χ3n) is 3.92. The molecule has 0 aliphatic heterocycles. The maximum Gasteiger partial charge on any atom is 0.174 e. The largest absolute Gasteiger partial charge is 0.479 e. The maximum atomic E-state index is 8.53. The lowest BCUT2D eigenvalue weighted by atomic mass is 9.80. The first kappa shape index (κ1) is 13.7. The van der Waals surface area contributed by atoms with E-state index < -0.39 is 0 Å². The van der Waals surface area contributed by atoms with E-state index in [2.05, 4.69) is 25.2 Å². The molecule has 0 saturated heterocycles. The fourth-order valence-corrected chi connectivity index (χ4v) is 2.89. The van der Waals surface area contributed by atoms with E-state index in [1.807, 2.05) is 24.3 Å². The van der Waals surface area contributed by atoms with Gasteiger partial charge in [0.05, 0.1) is 0 Å². The molecule has 2 rings (SSSR count). The molecule has 1 aromatic rings. The van der Waals surface area contributed by atoms with E-state index in [1.165, 1.54) is 19.3 Å². The summed E-state index contributed by atoms with van der Waals surface area (Å²) in [6, 6.07) is 10.4. The van der Waals surface area contributed by atoms with Crippen LogP contribution in [0.1, 0.15) is 33.1 Å². The Morgan fingerprint density at radius 3 is 2.95 bits per heavy atom. The van der Waals surface area contributed by atoms with Crippen LogP contribution in [0.5, 0.6) is 5.75 Å². The lowest BCUT2D eigenvalue weighted by molar-refractivity contribution is 0.276. The molecule has 1 fully saturated rings. The average molecular weight is 258 g/mol. The number of anilines is 1. The van der Waals surface area contributed by atoms with Gasteiger partial charge >= 0.3 is 0 Å². The van der Waals surface area contributed by atoms with E-state index in [4.69, 9.17) is 10.00 Å². The summed E-state index contributed by atoms with van der Waals surface area (Å²) in [7, 11) is 0. The Morgan fingerprint density at radius 1 is 1.37 bits per heavy atom. The van der Waals surface area contributed by atoms with Crippen molar-refractivity contribution in [1.29, 1.82) is 5.26 Å². The van der Waals surface area contributed by atoms with Crippen molar-refractivity contribution in [1.82, 2.24) is 0 Å². The quantitative estimate of drug-likeness (QED) is 0.892. The van der Waals surface area contributed by atoms with E-state index in [0.29, 0.717) is 12.0 Å². The lowest BCUT2D eigenvalue weighted by Gasteiger charge is -2.33. The molecular formula is C16H22N2O. The van der Waals surface area contributed by atoms with Crippen LogP contribution in [0.25, 0.3) is 0 Å². The third-order valence-corrected chi connectivity index (χ3v) is 3.92. The van der Waals surface area contributed by atoms with Crippen LogP contribution in [0.3, 0.4) is 0 Å². The Hall–Kier alpha value is -1.69. The molecule has 3 unspecified atom stereocenters. The van der Waals surface area contributed by atoms with Gasteiger partial charge in [-0.3, -0.25) is 0 Å². The zero-order valence-corrected chi connectivity index (χ0v) is 11.7. The number of ether oxygens (including phenoxy) is 1. The van der Waals surface area contributed by atoms with Crippen LogP contribution in [-0.2, 0) is 0 Å². The summed E-state index contributed by atoms with van der Waals surface area (Å²) in [4.78, 5) is 0. The fraction of sp³-hybridized carbons (Fsp3) is 0.562. The fourth-order valence-electron chi connectivity index (χ4n) is 2.89. The van der Waals surface area contributed by atoms with Crippen molar-refractivity contribution in [2.75, 3.05) is 11.9 Å². The van der Waals surface area contributed by atoms with Crippen molar-refractivity contribution >= 4 is 5.69 Å². The number of hydrogen-bond donors (Lipinski definition) is 1. The van der Waals surface area contributed by atoms with Gasteiger partial charge in [-0.2, -0.15) is 5.26 Å². The molecule has 0 aromatic heterocycles. The number of hydrogen-bond acceptors (Lipinski definition) is 3. The summed E-state index contributed by atoms with van der Waals surface area (Å²) in [5, 5.41) is 12.1. The number of benzene rings is 1. The minimum Gasteiger partial charge on any atom is -0.479 e. The molecule has 0 radical (unpaired) electrons. The summed E-state index contributed by atoms with van der Waals surface area (Å²) in [5.74, 6) is 2.30. The molecule has 3 atom stereocenters. The second kappa shape index (κ2) is 6.47. The molecule has 19 heavy (non-hydrogen) atoms. The monoisotopic (exact) mass is 258 g/mol. The summed E-state index contributed by atoms with van der Waals surface area (Å²) in [6.45, 7) is 4.76. The van der Waals surface area contributed by atoms with E-state index in [0.717, 1.165) is 17.4 Å². The van der Waals surface area contributed by atoms with E-state index >= 15 is 0 Å². The Bertz CT molecular complexity index is 452. The highest BCUT2D eigenvalue weighted by Crippen LogP contribution is 2.31. The van der Waals surface area contributed by atoms with E-state index in [-0.39, 0.29) is 6.61 Å². The first-order chi connectivity index (χ1) is 9.19. The molecule has 1 N–H and O–H groups in total. The van der Waals surface area contributed by atoms with Gasteiger partial charge in [-0.1, -0.05) is 19.9 Å². The van der Waals surface area contributed by atoms with Crippen molar-refractivity contribution in [3.05, 3.63) is 24.3 Å². The summed E-state index contributed by atoms with van der Waals surface area (Å²) < 4.78 is 5.33. The molecule has 0 bridgehead atoms. The predicted molar refractivity (Wildman–Crippen MR) is 77.1 cm³/mol. The molecule has 1 aliphatic carbocycles. The minimum atomic E-state index is 0.0980. The Kier molecular flexibility index (Phi) is 4.68. The van der Waals surface area contributed by atoms with Crippen LogP contribution >= 0.6 is 0 Å². The van der Waals surface area contributed by atoms with Gasteiger partial charge in [-0.15, -0.1) is 0 Å². The van der Waals surface area contributed by atoms with Gasteiger partial charge in [-0.05, 0) is 43.2 Å². The van der Waals surface area contributed by atoms with Crippen molar-refractivity contribution in [2.45, 2.75) is 39.2 Å². The molecule has 3 nitrogen and oxygen atoms in total. The molecule has 1 aliphatic rings. The second-order valence-corrected chi connectivity index (χ2v) is 5.62. The van der Waals surface area contributed by atoms with Crippen LogP contribution in [0, 0.1) is 23.2 Å². The molecular weight excluding hydrogens is 236 g/mol. The van der Waals surface area contributed by atoms with Gasteiger partial charge in [0.15, 0.2) is 6.61 Å². The first-order valence-electron chi connectivity index (χ1n) is 7.05. The highest BCUT2D eigenvalue weighted by molar-refractivity contribution is 5.49. The smallest absolute Gasteiger partial charge is 0.174 e. The zero-order chi connectivity index (χ0) is 13.7. The molecule has 3 heteroatoms. The van der Waals surface area contributed by atoms with Crippen LogP contribution in [0.15, 0.2) is 24.3 Å². The lowest BCUT2D eigenvalue weighted by Crippen LogP contribution is -2.32. The van der Waals surface area contributed by atoms with Crippen LogP contribution in [-0.4, -0.2) is 12.6 Å². The summed E-state index contributed by atoms with van der Waals surface area (Å²) in [5.41, 5.74) is 1.09. The van der Waals surface area contributed by atoms with Gasteiger partial charge < -0.3 is 10.1 Å². The zero-order valence-electron chi connectivity index (χ0n) is 11.7. The topological polar surface area (TPSA) is 45.0 Å². The van der Waals surface area contributed by atoms with Crippen molar-refractivity contribution in [3.8, 4) is 11.8 Å². The Labute approximate surface area is 115 Å². The van der Waals surface area contributed by atoms with Gasteiger partial charge in [0.1, 0.15) is 11.8 Å². The third kappa shape index (κ3) is 3.89. The van der Waals surface area contributed by atoms with Gasteiger partial charge in [0, 0.05) is 17.8 Å². The molecule has 0 heterocycles. The Balaban J connectivity index is 1.97. The van der Waals surface area contributed by atoms with E-state index in [9.17, 15) is 0 Å². The van der Waals surface area contributed by atoms with Gasteiger partial charge in [0.2, 0.25) is 0 Å². The molecule has 0 amide bonds. The number of nitrogens with one attached hydrogen (secondary N) is 1. The molecule has 0 spiro atoms. The summed E-state index contributed by atoms with van der Waals surface area (Å²) >= 11 is 0. The number of rotatable bonds is 4. The highest BCUT2D eigenvalue weighted by atomic mass is 16.5. The van der Waals surface area contributed by atoms with E-state index in [1.54, 1.807) is 0 Å². The van der Waals surface area contributed by atoms with Crippen LogP contribution in [0.4, 0.5) is 5.69 Å². The highest BCUT2D eigenvalue weighted by Gasteiger charge is 2.25. The van der Waals surface area contributed by atoms with Crippen molar-refractivity contribution < 1.29 is 4.74 Å². The average Bonchev–Trinajstić information content (AvgIpc) is 2.40. The maximum absolute atomic E-state index is 8.53. The van der Waals surface area contributed by atoms with Crippen LogP contribution in [0.2, 0.25) is 0 Å². The first-order valence-corrected chi connectivity index (χ1v) is 7.05. The molecule has 1 aromatic carbocycles. The number of nitrogens with zero attached hydrogens (tertiary/aromatic N) is 1. The van der Waals surface area contributed by atoms with Gasteiger partial charge in [0.25, 0.3) is 0 Å². The van der Waals surface area contributed by atoms with Gasteiger partial charge in [-0.25, -0.2) is 0 Å². The second-order valence-electron chi connectivity index (χ2n) is 5.62. The standard InChI is InChI=1S/C16H22N2O/c1-12-6-7-16(13(2)10-12)18-14-4-3-5-15(11-14)19-9-8-17/h3-5,11-13,16,18H,6-7,9-10H2,1-2H3. The summed E-state index contributed by atoms with van der Waals surface area (Å²) in [6.07, 6.45) is 3.82.